The zero-order chi connectivity index (χ0) is 46.4. The molecule has 3 nitrogen and oxygen atoms in total. The van der Waals surface area contributed by atoms with Crippen LogP contribution in [0.5, 0.6) is 0 Å². The average molecular weight is 894 g/mol. The molecule has 0 bridgehead atoms. The molecule has 10 aromatic rings. The lowest BCUT2D eigenvalue weighted by Gasteiger charge is -2.20. The van der Waals surface area contributed by atoms with Gasteiger partial charge < -0.3 is 9.13 Å². The zero-order valence-corrected chi connectivity index (χ0v) is 34.8. The van der Waals surface area contributed by atoms with Crippen molar-refractivity contribution in [2.75, 3.05) is 0 Å². The molecule has 8 aromatic carbocycles. The van der Waals surface area contributed by atoms with Gasteiger partial charge in [-0.2, -0.15) is 44.8 Å². The second kappa shape index (κ2) is 15.2. The van der Waals surface area contributed by atoms with Crippen LogP contribution in [-0.4, -0.2) is 9.13 Å². The van der Waals surface area contributed by atoms with Crippen LogP contribution in [0.4, 0.5) is 39.5 Å². The second-order valence-corrected chi connectivity index (χ2v) is 16.4. The maximum Gasteiger partial charge on any atom is 0.416 e. The highest BCUT2D eigenvalue weighted by Gasteiger charge is 2.37. The molecular formula is C54H32F9N3. The fourth-order valence-electron chi connectivity index (χ4n) is 9.17. The molecule has 2 aromatic heterocycles. The summed E-state index contributed by atoms with van der Waals surface area (Å²) in [4.78, 5) is 0. The Balaban J connectivity index is 1.26. The number of rotatable bonds is 5. The smallest absolute Gasteiger partial charge is 0.307 e. The Kier molecular flexibility index (Phi) is 9.69. The fourth-order valence-corrected chi connectivity index (χ4v) is 9.17. The molecule has 0 unspecified atom stereocenters. The maximum atomic E-state index is 14.0. The van der Waals surface area contributed by atoms with Gasteiger partial charge in [0.15, 0.2) is 0 Å². The number of fused-ring (bicyclic) bond motifs is 6. The van der Waals surface area contributed by atoms with Crippen molar-refractivity contribution >= 4 is 43.6 Å². The van der Waals surface area contributed by atoms with Crippen molar-refractivity contribution in [2.45, 2.75) is 32.4 Å². The Morgan fingerprint density at radius 2 is 0.864 bits per heavy atom. The highest BCUT2D eigenvalue weighted by Crippen LogP contribution is 2.44. The van der Waals surface area contributed by atoms with Crippen molar-refractivity contribution in [3.8, 4) is 50.8 Å². The monoisotopic (exact) mass is 893 g/mol. The summed E-state index contributed by atoms with van der Waals surface area (Å²) in [6.45, 7) is 3.57. The van der Waals surface area contributed by atoms with E-state index in [9.17, 15) is 44.8 Å². The number of hydrogen-bond acceptors (Lipinski definition) is 1. The molecular weight excluding hydrogens is 862 g/mol. The third-order valence-corrected chi connectivity index (χ3v) is 12.1. The van der Waals surface area contributed by atoms with Crippen molar-refractivity contribution in [1.29, 1.82) is 5.26 Å². The molecule has 2 heterocycles. The van der Waals surface area contributed by atoms with Crippen LogP contribution < -0.4 is 0 Å². The van der Waals surface area contributed by atoms with Crippen LogP contribution in [0.2, 0.25) is 0 Å². The van der Waals surface area contributed by atoms with Crippen LogP contribution in [0, 0.1) is 25.2 Å². The summed E-state index contributed by atoms with van der Waals surface area (Å²) in [6, 6.07) is 44.3. The summed E-state index contributed by atoms with van der Waals surface area (Å²) in [7, 11) is 0. The molecule has 326 valence electrons. The van der Waals surface area contributed by atoms with Gasteiger partial charge in [-0.25, -0.2) is 0 Å². The molecule has 0 N–H and O–H groups in total. The first-order valence-electron chi connectivity index (χ1n) is 20.6. The van der Waals surface area contributed by atoms with E-state index in [-0.39, 0.29) is 17.2 Å². The molecule has 0 amide bonds. The number of aromatic nitrogens is 2. The van der Waals surface area contributed by atoms with Gasteiger partial charge in [-0.05, 0) is 149 Å². The first kappa shape index (κ1) is 42.2. The van der Waals surface area contributed by atoms with Gasteiger partial charge in [0.2, 0.25) is 0 Å². The predicted molar refractivity (Wildman–Crippen MR) is 241 cm³/mol. The normalized spacial score (nSPS) is 12.5. The Morgan fingerprint density at radius 3 is 1.38 bits per heavy atom. The highest BCUT2D eigenvalue weighted by atomic mass is 19.4. The molecule has 66 heavy (non-hydrogen) atoms. The number of para-hydroxylation sites is 2. The number of hydrogen-bond donors (Lipinski definition) is 0. The molecule has 0 aliphatic rings. The largest absolute Gasteiger partial charge is 0.416 e. The van der Waals surface area contributed by atoms with Crippen molar-refractivity contribution < 1.29 is 39.5 Å². The quantitative estimate of drug-likeness (QED) is 0.159. The van der Waals surface area contributed by atoms with Crippen molar-refractivity contribution in [3.63, 3.8) is 0 Å². The molecule has 0 atom stereocenters. The predicted octanol–water partition coefficient (Wildman–Crippen LogP) is 16.4. The zero-order valence-electron chi connectivity index (χ0n) is 34.8. The van der Waals surface area contributed by atoms with Gasteiger partial charge in [-0.1, -0.05) is 66.7 Å². The molecule has 12 heteroatoms. The van der Waals surface area contributed by atoms with Gasteiger partial charge in [-0.15, -0.1) is 0 Å². The number of benzene rings is 8. The Labute approximate surface area is 370 Å². The summed E-state index contributed by atoms with van der Waals surface area (Å²) >= 11 is 0. The van der Waals surface area contributed by atoms with E-state index < -0.39 is 35.2 Å². The summed E-state index contributed by atoms with van der Waals surface area (Å²) in [6.07, 6.45) is -14.6. The number of nitriles is 1. The summed E-state index contributed by atoms with van der Waals surface area (Å²) in [5, 5.41) is 12.7. The van der Waals surface area contributed by atoms with Crippen LogP contribution in [0.15, 0.2) is 158 Å². The first-order valence-corrected chi connectivity index (χ1v) is 20.6. The summed E-state index contributed by atoms with van der Waals surface area (Å²) in [5.74, 6) is 0. The van der Waals surface area contributed by atoms with Crippen LogP contribution >= 0.6 is 0 Å². The van der Waals surface area contributed by atoms with E-state index in [4.69, 9.17) is 0 Å². The van der Waals surface area contributed by atoms with Crippen LogP contribution in [-0.2, 0) is 18.5 Å². The lowest BCUT2D eigenvalue weighted by molar-refractivity contribution is -0.143. The SMILES string of the molecule is Cc1cc(-c2ccc3c(c2)c2ccccc2n3-c2cc(C)c(-c3cccc(C#N)c3)cc2-n2c3ccccc3c3cc(-c4cc(C(F)(F)F)cc(C(F)(F)F)c4)ccc32)cc(C(F)(F)F)c1. The van der Waals surface area contributed by atoms with Crippen LogP contribution in [0.25, 0.3) is 88.4 Å². The van der Waals surface area contributed by atoms with Crippen LogP contribution in [0.3, 0.4) is 0 Å². The highest BCUT2D eigenvalue weighted by molar-refractivity contribution is 6.13. The van der Waals surface area contributed by atoms with E-state index >= 15 is 0 Å². The summed E-state index contributed by atoms with van der Waals surface area (Å²) < 4.78 is 130. The standard InChI is InChI=1S/C54H32F9N3/c1-30-18-36(22-38(19-30)52(55,56)57)33-14-16-48-44(25-33)41-10-3-5-12-46(41)65(48)50-20-31(2)43(35-9-7-8-32(21-35)29-64)28-51(50)66-47-13-6-4-11-42(47)45-26-34(15-17-49(45)66)37-23-39(53(58,59)60)27-40(24-37)54(61,62)63/h3-28H,1-2H3. The topological polar surface area (TPSA) is 33.6 Å². The van der Waals surface area contributed by atoms with E-state index in [0.717, 1.165) is 62.8 Å². The lowest BCUT2D eigenvalue weighted by atomic mass is 9.97. The van der Waals surface area contributed by atoms with Crippen molar-refractivity contribution in [2.24, 2.45) is 0 Å². The Hall–Kier alpha value is -7.78. The number of aryl methyl sites for hydroxylation is 2. The van der Waals surface area contributed by atoms with Gasteiger partial charge in [0.05, 0.1) is 61.8 Å². The van der Waals surface area contributed by atoms with Crippen LogP contribution in [0.1, 0.15) is 33.4 Å². The van der Waals surface area contributed by atoms with Gasteiger partial charge in [-0.3, -0.25) is 0 Å². The first-order chi connectivity index (χ1) is 31.4. The Morgan fingerprint density at radius 1 is 0.394 bits per heavy atom. The minimum Gasteiger partial charge on any atom is -0.307 e. The number of halogens is 9. The molecule has 0 aliphatic heterocycles. The molecule has 0 radical (unpaired) electrons. The average Bonchev–Trinajstić information content (AvgIpc) is 3.79. The minimum absolute atomic E-state index is 0.110. The van der Waals surface area contributed by atoms with Gasteiger partial charge in [0.25, 0.3) is 0 Å². The van der Waals surface area contributed by atoms with E-state index in [0.29, 0.717) is 55.4 Å². The molecule has 0 fully saturated rings. The van der Waals surface area contributed by atoms with Crippen molar-refractivity contribution in [3.05, 3.63) is 191 Å². The van der Waals surface area contributed by atoms with E-state index in [1.807, 2.05) is 84.3 Å². The fraction of sp³-hybridized carbons (Fsp3) is 0.0926. The van der Waals surface area contributed by atoms with E-state index in [1.165, 1.54) is 6.07 Å². The lowest BCUT2D eigenvalue weighted by Crippen LogP contribution is -2.11. The van der Waals surface area contributed by atoms with Gasteiger partial charge in [0.1, 0.15) is 0 Å². The molecule has 10 rings (SSSR count). The van der Waals surface area contributed by atoms with Gasteiger partial charge in [0, 0.05) is 21.5 Å². The number of nitrogens with zero attached hydrogens (tertiary/aromatic N) is 3. The maximum absolute atomic E-state index is 14.0. The second-order valence-electron chi connectivity index (χ2n) is 16.4. The minimum atomic E-state index is -5.03. The van der Waals surface area contributed by atoms with Gasteiger partial charge >= 0.3 is 18.5 Å². The third kappa shape index (κ3) is 7.21. The molecule has 0 spiro atoms. The molecule has 0 saturated heterocycles. The Bertz CT molecular complexity index is 3620. The third-order valence-electron chi connectivity index (χ3n) is 12.1. The van der Waals surface area contributed by atoms with Crippen molar-refractivity contribution in [1.82, 2.24) is 9.13 Å². The van der Waals surface area contributed by atoms with E-state index in [1.54, 1.807) is 55.5 Å². The molecule has 0 aliphatic carbocycles. The van der Waals surface area contributed by atoms with E-state index in [2.05, 4.69) is 10.6 Å². The molecule has 0 saturated carbocycles. The number of alkyl halides is 9. The summed E-state index contributed by atoms with van der Waals surface area (Å²) in [5.41, 5.74) is 4.77.